The number of rotatable bonds is 4. The van der Waals surface area contributed by atoms with Crippen molar-refractivity contribution in [2.45, 2.75) is 11.6 Å². The molecule has 0 spiro atoms. The van der Waals surface area contributed by atoms with Crippen molar-refractivity contribution in [3.8, 4) is 0 Å². The Morgan fingerprint density at radius 1 is 1.40 bits per heavy atom. The minimum Gasteiger partial charge on any atom is -0.381 e. The molecule has 3 rings (SSSR count). The molecule has 0 aromatic carbocycles. The molecule has 0 saturated carbocycles. The number of hydrogen-bond donors (Lipinski definition) is 2. The van der Waals surface area contributed by atoms with Crippen molar-refractivity contribution in [2.75, 3.05) is 5.73 Å². The average Bonchev–Trinajstić information content (AvgIpc) is 3.02. The molecule has 3 heterocycles. The predicted octanol–water partition coefficient (Wildman–Crippen LogP) is 2.28. The highest BCUT2D eigenvalue weighted by Crippen LogP contribution is 2.25. The lowest BCUT2D eigenvalue weighted by atomic mass is 10.5. The molecular weight excluding hydrogens is 384 g/mol. The lowest BCUT2D eigenvalue weighted by molar-refractivity contribution is 0.577. The second kappa shape index (κ2) is 5.11. The quantitative estimate of drug-likeness (QED) is 0.712. The highest BCUT2D eigenvalue weighted by Gasteiger charge is 2.24. The van der Waals surface area contributed by atoms with Crippen LogP contribution in [0.25, 0.3) is 4.96 Å². The van der Waals surface area contributed by atoms with Gasteiger partial charge in [0.1, 0.15) is 0 Å². The van der Waals surface area contributed by atoms with Crippen LogP contribution in [0.2, 0.25) is 0 Å². The third kappa shape index (κ3) is 2.37. The summed E-state index contributed by atoms with van der Waals surface area (Å²) >= 11 is 6.17. The Hall–Kier alpha value is -0.940. The fourth-order valence-corrected chi connectivity index (χ4v) is 5.23. The van der Waals surface area contributed by atoms with E-state index in [9.17, 15) is 8.42 Å². The highest BCUT2D eigenvalue weighted by atomic mass is 79.9. The molecule has 3 N–H and O–H groups in total. The zero-order valence-electron chi connectivity index (χ0n) is 9.91. The maximum Gasteiger partial charge on any atom is 0.260 e. The number of anilines is 1. The van der Waals surface area contributed by atoms with E-state index in [0.717, 1.165) is 9.35 Å². The summed E-state index contributed by atoms with van der Waals surface area (Å²) < 4.78 is 29.7. The van der Waals surface area contributed by atoms with E-state index < -0.39 is 10.0 Å². The van der Waals surface area contributed by atoms with Gasteiger partial charge < -0.3 is 5.73 Å². The Morgan fingerprint density at radius 3 is 2.90 bits per heavy atom. The number of hydrogen-bond acceptors (Lipinski definition) is 6. The maximum atomic E-state index is 12.4. The molecule has 0 aliphatic rings. The summed E-state index contributed by atoms with van der Waals surface area (Å²) in [5.74, 6) is 0.00888. The zero-order chi connectivity index (χ0) is 14.3. The topological polar surface area (TPSA) is 89.5 Å². The van der Waals surface area contributed by atoms with Crippen molar-refractivity contribution in [3.05, 3.63) is 32.4 Å². The number of thiophene rings is 1. The van der Waals surface area contributed by atoms with Crippen LogP contribution in [0.1, 0.15) is 4.88 Å². The van der Waals surface area contributed by atoms with E-state index in [1.54, 1.807) is 11.6 Å². The van der Waals surface area contributed by atoms with Crippen LogP contribution in [0.15, 0.2) is 32.5 Å². The Morgan fingerprint density at radius 2 is 2.20 bits per heavy atom. The Bertz CT molecular complexity index is 864. The van der Waals surface area contributed by atoms with Crippen LogP contribution >= 0.6 is 38.6 Å². The molecule has 0 aliphatic heterocycles. The number of nitrogen functional groups attached to an aromatic ring is 1. The van der Waals surface area contributed by atoms with Crippen molar-refractivity contribution in [2.24, 2.45) is 0 Å². The summed E-state index contributed by atoms with van der Waals surface area (Å²) in [5, 5.41) is 3.63. The van der Waals surface area contributed by atoms with Crippen LogP contribution in [-0.4, -0.2) is 17.8 Å². The largest absolute Gasteiger partial charge is 0.381 e. The van der Waals surface area contributed by atoms with E-state index in [1.807, 2.05) is 11.4 Å². The first-order chi connectivity index (χ1) is 9.49. The van der Waals surface area contributed by atoms with Crippen molar-refractivity contribution in [1.29, 1.82) is 0 Å². The van der Waals surface area contributed by atoms with Gasteiger partial charge in [0.05, 0.1) is 0 Å². The zero-order valence-corrected chi connectivity index (χ0v) is 13.9. The van der Waals surface area contributed by atoms with E-state index in [-0.39, 0.29) is 17.4 Å². The molecule has 3 aromatic rings. The molecule has 3 aromatic heterocycles. The van der Waals surface area contributed by atoms with Gasteiger partial charge in [0, 0.05) is 27.5 Å². The van der Waals surface area contributed by atoms with Gasteiger partial charge in [-0.2, -0.15) is 0 Å². The van der Waals surface area contributed by atoms with Crippen molar-refractivity contribution in [1.82, 2.24) is 14.1 Å². The first kappa shape index (κ1) is 14.0. The number of nitrogens with one attached hydrogen (secondary N) is 1. The fraction of sp³-hybridized carbons (Fsp3) is 0.100. The number of halogens is 1. The molecule has 0 aliphatic carbocycles. The number of thiazole rings is 1. The van der Waals surface area contributed by atoms with Gasteiger partial charge in [0.2, 0.25) is 0 Å². The molecule has 0 atom stereocenters. The SMILES string of the molecule is Nc1nc2sccn2c1S(=O)(=O)NCc1sccc1Br. The molecular formula is C10H9BrN4O2S3. The first-order valence-corrected chi connectivity index (χ1v) is 9.45. The Labute approximate surface area is 131 Å². The average molecular weight is 393 g/mol. The monoisotopic (exact) mass is 392 g/mol. The van der Waals surface area contributed by atoms with Crippen LogP contribution in [0.3, 0.4) is 0 Å². The van der Waals surface area contributed by atoms with Gasteiger partial charge in [-0.15, -0.1) is 22.7 Å². The van der Waals surface area contributed by atoms with Crippen molar-refractivity contribution >= 4 is 59.4 Å². The molecule has 0 radical (unpaired) electrons. The van der Waals surface area contributed by atoms with Gasteiger partial charge in [-0.05, 0) is 27.4 Å². The molecule has 0 amide bonds. The number of fused-ring (bicyclic) bond motifs is 1. The maximum absolute atomic E-state index is 12.4. The van der Waals surface area contributed by atoms with E-state index >= 15 is 0 Å². The number of nitrogens with zero attached hydrogens (tertiary/aromatic N) is 2. The summed E-state index contributed by atoms with van der Waals surface area (Å²) in [7, 11) is -3.72. The van der Waals surface area contributed by atoms with Gasteiger partial charge in [-0.3, -0.25) is 4.40 Å². The van der Waals surface area contributed by atoms with Gasteiger partial charge >= 0.3 is 0 Å². The molecule has 10 heteroatoms. The second-order valence-electron chi connectivity index (χ2n) is 3.87. The summed E-state index contributed by atoms with van der Waals surface area (Å²) in [6, 6.07) is 1.87. The van der Waals surface area contributed by atoms with E-state index in [4.69, 9.17) is 5.73 Å². The minimum absolute atomic E-state index is 0.00888. The number of imidazole rings is 1. The summed E-state index contributed by atoms with van der Waals surface area (Å²) in [6.45, 7) is 0.206. The Balaban J connectivity index is 1.94. The standard InChI is InChI=1S/C10H9BrN4O2S3/c11-6-1-3-18-7(6)5-13-20(16,17)9-8(12)14-10-15(9)2-4-19-10/h1-4,13H,5,12H2. The van der Waals surface area contributed by atoms with Gasteiger partial charge in [0.25, 0.3) is 10.0 Å². The van der Waals surface area contributed by atoms with Crippen LogP contribution in [0.5, 0.6) is 0 Å². The smallest absolute Gasteiger partial charge is 0.260 e. The normalized spacial score (nSPS) is 12.2. The third-order valence-electron chi connectivity index (χ3n) is 2.61. The molecule has 0 unspecified atom stereocenters. The molecule has 0 fully saturated rings. The van der Waals surface area contributed by atoms with Gasteiger partial charge in [0.15, 0.2) is 15.8 Å². The van der Waals surface area contributed by atoms with E-state index in [2.05, 4.69) is 25.6 Å². The van der Waals surface area contributed by atoms with Crippen molar-refractivity contribution < 1.29 is 8.42 Å². The number of aromatic nitrogens is 2. The van der Waals surface area contributed by atoms with Crippen molar-refractivity contribution in [3.63, 3.8) is 0 Å². The highest BCUT2D eigenvalue weighted by molar-refractivity contribution is 9.10. The molecule has 0 bridgehead atoms. The van der Waals surface area contributed by atoms with Crippen LogP contribution in [0, 0.1) is 0 Å². The number of sulfonamides is 1. The van der Waals surface area contributed by atoms with Gasteiger partial charge in [-0.25, -0.2) is 18.1 Å². The van der Waals surface area contributed by atoms with Crippen LogP contribution in [-0.2, 0) is 16.6 Å². The third-order valence-corrected chi connectivity index (χ3v) is 6.73. The molecule has 6 nitrogen and oxygen atoms in total. The summed E-state index contributed by atoms with van der Waals surface area (Å²) in [6.07, 6.45) is 1.64. The molecule has 0 saturated heterocycles. The lowest BCUT2D eigenvalue weighted by Gasteiger charge is -2.05. The fourth-order valence-electron chi connectivity index (χ4n) is 1.73. The van der Waals surface area contributed by atoms with Gasteiger partial charge in [-0.1, -0.05) is 0 Å². The Kier molecular flexibility index (Phi) is 3.58. The van der Waals surface area contributed by atoms with E-state index in [0.29, 0.717) is 4.96 Å². The van der Waals surface area contributed by atoms with E-state index in [1.165, 1.54) is 27.1 Å². The molecule has 20 heavy (non-hydrogen) atoms. The lowest BCUT2D eigenvalue weighted by Crippen LogP contribution is -2.25. The first-order valence-electron chi connectivity index (χ1n) is 5.41. The predicted molar refractivity (Wildman–Crippen MR) is 83.5 cm³/mol. The minimum atomic E-state index is -3.72. The number of nitrogens with two attached hydrogens (primary N) is 1. The van der Waals surface area contributed by atoms with Crippen LogP contribution in [0.4, 0.5) is 5.82 Å². The van der Waals surface area contributed by atoms with Crippen LogP contribution < -0.4 is 10.5 Å². The summed E-state index contributed by atoms with van der Waals surface area (Å²) in [4.78, 5) is 5.49. The molecule has 106 valence electrons. The summed E-state index contributed by atoms with van der Waals surface area (Å²) in [5.41, 5.74) is 5.71. The second-order valence-corrected chi connectivity index (χ2v) is 8.28.